The molecule has 0 radical (unpaired) electrons. The molecule has 7 heteroatoms. The third-order valence-electron chi connectivity index (χ3n) is 6.17. The monoisotopic (exact) mass is 374 g/mol. The molecule has 3 fully saturated rings. The van der Waals surface area contributed by atoms with Crippen LogP contribution in [0.4, 0.5) is 0 Å². The van der Waals surface area contributed by atoms with E-state index in [2.05, 4.69) is 21.4 Å². The van der Waals surface area contributed by atoms with Crippen molar-refractivity contribution in [2.45, 2.75) is 38.0 Å². The first-order valence-corrected chi connectivity index (χ1v) is 8.67. The van der Waals surface area contributed by atoms with Gasteiger partial charge < -0.3 is 10.2 Å². The minimum Gasteiger partial charge on any atom is -0.342 e. The van der Waals surface area contributed by atoms with Crippen LogP contribution in [0.1, 0.15) is 43.7 Å². The molecular formula is C17H28Cl2N4O. The molecule has 24 heavy (non-hydrogen) atoms. The Labute approximate surface area is 156 Å². The first kappa shape index (κ1) is 19.5. The van der Waals surface area contributed by atoms with Gasteiger partial charge in [0.05, 0.1) is 0 Å². The van der Waals surface area contributed by atoms with Crippen LogP contribution in [-0.2, 0) is 11.8 Å². The highest BCUT2D eigenvalue weighted by atomic mass is 35.5. The lowest BCUT2D eigenvalue weighted by molar-refractivity contribution is -0.134. The second-order valence-corrected chi connectivity index (χ2v) is 7.35. The molecule has 0 bridgehead atoms. The average molecular weight is 375 g/mol. The molecule has 5 nitrogen and oxygen atoms in total. The average Bonchev–Trinajstić information content (AvgIpc) is 3.05. The van der Waals surface area contributed by atoms with Gasteiger partial charge >= 0.3 is 0 Å². The molecule has 1 aliphatic carbocycles. The number of nitrogens with zero attached hydrogens (tertiary/aromatic N) is 3. The number of amides is 1. The summed E-state index contributed by atoms with van der Waals surface area (Å²) >= 11 is 0. The van der Waals surface area contributed by atoms with Crippen LogP contribution < -0.4 is 5.32 Å². The van der Waals surface area contributed by atoms with E-state index in [0.717, 1.165) is 45.4 Å². The summed E-state index contributed by atoms with van der Waals surface area (Å²) in [7, 11) is 2.01. The molecule has 3 aliphatic rings. The van der Waals surface area contributed by atoms with E-state index < -0.39 is 0 Å². The normalized spacial score (nSPS) is 25.7. The van der Waals surface area contributed by atoms with Crippen LogP contribution in [0.2, 0.25) is 0 Å². The fraction of sp³-hybridized carbons (Fsp3) is 0.765. The first-order chi connectivity index (χ1) is 10.7. The van der Waals surface area contributed by atoms with E-state index in [0.29, 0.717) is 23.2 Å². The number of halogens is 2. The zero-order chi connectivity index (χ0) is 15.2. The maximum atomic E-state index is 12.8. The molecule has 2 saturated heterocycles. The molecule has 1 saturated carbocycles. The number of carbonyl (C=O) groups is 1. The number of hydrogen-bond donors (Lipinski definition) is 1. The number of rotatable bonds is 2. The smallest absolute Gasteiger partial charge is 0.226 e. The summed E-state index contributed by atoms with van der Waals surface area (Å²) in [6, 6.07) is 2.12. The molecule has 3 heterocycles. The Bertz CT molecular complexity index is 563. The quantitative estimate of drug-likeness (QED) is 0.864. The molecule has 0 aromatic carbocycles. The van der Waals surface area contributed by atoms with Crippen molar-refractivity contribution in [3.05, 3.63) is 18.0 Å². The number of nitrogens with one attached hydrogen (secondary N) is 1. The fourth-order valence-electron chi connectivity index (χ4n) is 4.57. The topological polar surface area (TPSA) is 50.2 Å². The predicted molar refractivity (Wildman–Crippen MR) is 98.9 cm³/mol. The third-order valence-corrected chi connectivity index (χ3v) is 6.17. The Morgan fingerprint density at radius 3 is 2.50 bits per heavy atom. The van der Waals surface area contributed by atoms with Gasteiger partial charge in [-0.3, -0.25) is 9.48 Å². The van der Waals surface area contributed by atoms with Crippen LogP contribution >= 0.6 is 24.8 Å². The second-order valence-electron chi connectivity index (χ2n) is 7.35. The minimum atomic E-state index is 0. The van der Waals surface area contributed by atoms with Crippen LogP contribution in [0, 0.1) is 11.3 Å². The maximum absolute atomic E-state index is 12.8. The van der Waals surface area contributed by atoms with Gasteiger partial charge in [-0.2, -0.15) is 5.10 Å². The number of likely N-dealkylation sites (tertiary alicyclic amines) is 1. The number of piperidine rings is 2. The van der Waals surface area contributed by atoms with Crippen LogP contribution in [0.5, 0.6) is 0 Å². The Hall–Kier alpha value is -0.780. The van der Waals surface area contributed by atoms with Crippen LogP contribution in [0.25, 0.3) is 0 Å². The lowest BCUT2D eigenvalue weighted by atomic mass is 9.90. The number of hydrogen-bond acceptors (Lipinski definition) is 3. The highest BCUT2D eigenvalue weighted by Gasteiger charge is 2.58. The van der Waals surface area contributed by atoms with E-state index in [9.17, 15) is 4.79 Å². The lowest BCUT2D eigenvalue weighted by Gasteiger charge is -2.33. The molecule has 2 aliphatic heterocycles. The Balaban J connectivity index is 0.00000104. The molecular weight excluding hydrogens is 347 g/mol. The molecule has 1 unspecified atom stereocenters. The van der Waals surface area contributed by atoms with Crippen molar-refractivity contribution in [1.29, 1.82) is 0 Å². The summed E-state index contributed by atoms with van der Waals surface area (Å²) in [5.74, 6) is 1.32. The summed E-state index contributed by atoms with van der Waals surface area (Å²) in [4.78, 5) is 14.9. The maximum Gasteiger partial charge on any atom is 0.226 e. The van der Waals surface area contributed by atoms with Gasteiger partial charge in [0.1, 0.15) is 0 Å². The molecule has 1 spiro atoms. The molecule has 1 aromatic rings. The van der Waals surface area contributed by atoms with Gasteiger partial charge in [-0.25, -0.2) is 0 Å². The minimum absolute atomic E-state index is 0. The van der Waals surface area contributed by atoms with E-state index in [4.69, 9.17) is 0 Å². The van der Waals surface area contributed by atoms with E-state index >= 15 is 0 Å². The summed E-state index contributed by atoms with van der Waals surface area (Å²) < 4.78 is 1.98. The Morgan fingerprint density at radius 2 is 1.92 bits per heavy atom. The first-order valence-electron chi connectivity index (χ1n) is 8.67. The molecule has 4 rings (SSSR count). The SMILES string of the molecule is Cl.Cl.Cn1nccc1C1CCN(C(=O)C2CC23CCNCC3)CC1. The molecule has 136 valence electrons. The van der Waals surface area contributed by atoms with Crippen molar-refractivity contribution >= 4 is 30.7 Å². The Kier molecular flexibility index (Phi) is 6.21. The van der Waals surface area contributed by atoms with Crippen molar-refractivity contribution in [2.75, 3.05) is 26.2 Å². The van der Waals surface area contributed by atoms with Crippen molar-refractivity contribution in [2.24, 2.45) is 18.4 Å². The third kappa shape index (κ3) is 3.44. The number of carbonyl (C=O) groups excluding carboxylic acids is 1. The van der Waals surface area contributed by atoms with E-state index in [1.807, 2.05) is 17.9 Å². The van der Waals surface area contributed by atoms with Crippen LogP contribution in [0.15, 0.2) is 12.3 Å². The molecule has 1 aromatic heterocycles. The van der Waals surface area contributed by atoms with Gasteiger partial charge in [-0.05, 0) is 56.7 Å². The van der Waals surface area contributed by atoms with Gasteiger partial charge in [0.25, 0.3) is 0 Å². The number of aryl methyl sites for hydroxylation is 1. The molecule has 1 atom stereocenters. The summed E-state index contributed by atoms with van der Waals surface area (Å²) in [6.45, 7) is 4.01. The summed E-state index contributed by atoms with van der Waals surface area (Å²) in [5.41, 5.74) is 1.68. The molecule has 1 amide bonds. The standard InChI is InChI=1S/C17H26N4O.2ClH/c1-20-15(2-7-19-20)13-3-10-21(11-4-13)16(22)14-12-17(14)5-8-18-9-6-17;;/h2,7,13-14,18H,3-6,8-12H2,1H3;2*1H. The van der Waals surface area contributed by atoms with Gasteiger partial charge in [0, 0.05) is 43.9 Å². The highest BCUT2D eigenvalue weighted by Crippen LogP contribution is 2.59. The highest BCUT2D eigenvalue weighted by molar-refractivity contribution is 5.85. The Morgan fingerprint density at radius 1 is 1.25 bits per heavy atom. The predicted octanol–water partition coefficient (Wildman–Crippen LogP) is 2.36. The van der Waals surface area contributed by atoms with E-state index in [-0.39, 0.29) is 24.8 Å². The van der Waals surface area contributed by atoms with Gasteiger partial charge in [-0.1, -0.05) is 0 Å². The zero-order valence-corrected chi connectivity index (χ0v) is 15.9. The van der Waals surface area contributed by atoms with Crippen molar-refractivity contribution in [3.63, 3.8) is 0 Å². The largest absolute Gasteiger partial charge is 0.342 e. The van der Waals surface area contributed by atoms with E-state index in [1.165, 1.54) is 18.5 Å². The zero-order valence-electron chi connectivity index (χ0n) is 14.2. The molecule has 1 N–H and O–H groups in total. The van der Waals surface area contributed by atoms with Crippen molar-refractivity contribution in [3.8, 4) is 0 Å². The van der Waals surface area contributed by atoms with Crippen molar-refractivity contribution < 1.29 is 4.79 Å². The second kappa shape index (κ2) is 7.63. The number of aromatic nitrogens is 2. The van der Waals surface area contributed by atoms with Gasteiger partial charge in [0.2, 0.25) is 5.91 Å². The van der Waals surface area contributed by atoms with Gasteiger partial charge in [-0.15, -0.1) is 24.8 Å². The van der Waals surface area contributed by atoms with Gasteiger partial charge in [0.15, 0.2) is 0 Å². The van der Waals surface area contributed by atoms with Crippen molar-refractivity contribution in [1.82, 2.24) is 20.0 Å². The fourth-order valence-corrected chi connectivity index (χ4v) is 4.57. The van der Waals surface area contributed by atoms with E-state index in [1.54, 1.807) is 0 Å². The van der Waals surface area contributed by atoms with Crippen LogP contribution in [0.3, 0.4) is 0 Å². The summed E-state index contributed by atoms with van der Waals surface area (Å²) in [5, 5.41) is 7.68. The lowest BCUT2D eigenvalue weighted by Crippen LogP contribution is -2.41. The summed E-state index contributed by atoms with van der Waals surface area (Å²) in [6.07, 6.45) is 7.54. The van der Waals surface area contributed by atoms with Crippen LogP contribution in [-0.4, -0.2) is 46.8 Å².